The van der Waals surface area contributed by atoms with Gasteiger partial charge in [-0.2, -0.15) is 0 Å². The van der Waals surface area contributed by atoms with Crippen LogP contribution in [0.2, 0.25) is 0 Å². The first-order chi connectivity index (χ1) is 10.8. The van der Waals surface area contributed by atoms with E-state index < -0.39 is 5.60 Å². The molecular weight excluding hydrogens is 356 g/mol. The third-order valence-electron chi connectivity index (χ3n) is 4.07. The van der Waals surface area contributed by atoms with Crippen LogP contribution in [0.5, 0.6) is 0 Å². The molecule has 23 heavy (non-hydrogen) atoms. The highest BCUT2D eigenvalue weighted by Crippen LogP contribution is 2.21. The zero-order valence-electron chi connectivity index (χ0n) is 14.4. The van der Waals surface area contributed by atoms with Gasteiger partial charge in [-0.1, -0.05) is 28.1 Å². The molecule has 0 radical (unpaired) electrons. The minimum absolute atomic E-state index is 0.130. The van der Waals surface area contributed by atoms with E-state index in [0.29, 0.717) is 0 Å². The number of ether oxygens (including phenoxy) is 1. The minimum atomic E-state index is -0.451. The van der Waals surface area contributed by atoms with E-state index in [9.17, 15) is 4.79 Å². The van der Waals surface area contributed by atoms with Gasteiger partial charge in [0.25, 0.3) is 0 Å². The summed E-state index contributed by atoms with van der Waals surface area (Å²) in [6, 6.07) is 8.71. The highest BCUT2D eigenvalue weighted by molar-refractivity contribution is 9.10. The Bertz CT molecular complexity index is 542. The van der Waals surface area contributed by atoms with E-state index in [0.717, 1.165) is 30.4 Å². The Hall–Kier alpha value is -1.07. The van der Waals surface area contributed by atoms with Crippen molar-refractivity contribution in [3.63, 3.8) is 0 Å². The first kappa shape index (κ1) is 18.3. The number of halogens is 1. The van der Waals surface area contributed by atoms with Gasteiger partial charge < -0.3 is 15.0 Å². The van der Waals surface area contributed by atoms with Crippen LogP contribution < -0.4 is 5.32 Å². The number of hydrogen-bond acceptors (Lipinski definition) is 3. The molecule has 1 N–H and O–H groups in total. The summed E-state index contributed by atoms with van der Waals surface area (Å²) < 4.78 is 6.61. The van der Waals surface area contributed by atoms with Crippen molar-refractivity contribution in [1.29, 1.82) is 0 Å². The molecule has 2 atom stereocenters. The van der Waals surface area contributed by atoms with Crippen LogP contribution in [0.4, 0.5) is 4.79 Å². The van der Waals surface area contributed by atoms with Crippen LogP contribution in [0.15, 0.2) is 28.7 Å². The predicted molar refractivity (Wildman–Crippen MR) is 96.4 cm³/mol. The summed E-state index contributed by atoms with van der Waals surface area (Å²) in [5.41, 5.74) is 0.786. The first-order valence-electron chi connectivity index (χ1n) is 8.24. The van der Waals surface area contributed by atoms with Crippen LogP contribution in [0.25, 0.3) is 0 Å². The summed E-state index contributed by atoms with van der Waals surface area (Å²) in [7, 11) is 0. The van der Waals surface area contributed by atoms with Crippen molar-refractivity contribution >= 4 is 22.0 Å². The van der Waals surface area contributed by atoms with Crippen molar-refractivity contribution < 1.29 is 9.53 Å². The van der Waals surface area contributed by atoms with Gasteiger partial charge in [0, 0.05) is 29.6 Å². The topological polar surface area (TPSA) is 41.6 Å². The summed E-state index contributed by atoms with van der Waals surface area (Å²) in [5, 5.41) is 3.59. The number of benzene rings is 1. The van der Waals surface area contributed by atoms with E-state index in [1.54, 1.807) is 0 Å². The average molecular weight is 383 g/mol. The molecule has 0 aliphatic carbocycles. The molecule has 1 aliphatic heterocycles. The summed E-state index contributed by atoms with van der Waals surface area (Å²) in [5.74, 6) is 0. The maximum atomic E-state index is 12.4. The molecule has 1 fully saturated rings. The fraction of sp³-hybridized carbons (Fsp3) is 0.611. The highest BCUT2D eigenvalue weighted by Gasteiger charge is 2.33. The van der Waals surface area contributed by atoms with Crippen LogP contribution in [0, 0.1) is 0 Å². The summed E-state index contributed by atoms with van der Waals surface area (Å²) >= 11 is 3.50. The Labute approximate surface area is 147 Å². The molecule has 0 spiro atoms. The molecule has 1 aromatic carbocycles. The number of amides is 1. The number of likely N-dealkylation sites (tertiary alicyclic amines) is 1. The Morgan fingerprint density at radius 3 is 2.83 bits per heavy atom. The second-order valence-corrected chi connectivity index (χ2v) is 8.09. The zero-order valence-corrected chi connectivity index (χ0v) is 16.0. The molecule has 0 aromatic heterocycles. The lowest BCUT2D eigenvalue weighted by atomic mass is 9.97. The number of nitrogens with one attached hydrogen (secondary N) is 1. The van der Waals surface area contributed by atoms with Gasteiger partial charge in [0.2, 0.25) is 0 Å². The van der Waals surface area contributed by atoms with E-state index in [4.69, 9.17) is 4.74 Å². The van der Waals surface area contributed by atoms with Crippen molar-refractivity contribution in [1.82, 2.24) is 10.2 Å². The summed E-state index contributed by atoms with van der Waals surface area (Å²) in [4.78, 5) is 14.2. The molecule has 4 nitrogen and oxygen atoms in total. The summed E-state index contributed by atoms with van der Waals surface area (Å²) in [6.07, 6.45) is 1.87. The normalized spacial score (nSPS) is 22.0. The minimum Gasteiger partial charge on any atom is -0.444 e. The van der Waals surface area contributed by atoms with Gasteiger partial charge in [-0.05, 0) is 58.2 Å². The molecule has 5 heteroatoms. The molecule has 1 heterocycles. The Kier molecular flexibility index (Phi) is 6.09. The van der Waals surface area contributed by atoms with Gasteiger partial charge in [0.05, 0.1) is 0 Å². The number of carbonyl (C=O) groups is 1. The zero-order chi connectivity index (χ0) is 17.0. The van der Waals surface area contributed by atoms with Crippen molar-refractivity contribution in [2.45, 2.75) is 64.8 Å². The lowest BCUT2D eigenvalue weighted by Gasteiger charge is -2.40. The molecule has 0 bridgehead atoms. The quantitative estimate of drug-likeness (QED) is 0.845. The average Bonchev–Trinajstić information content (AvgIpc) is 2.44. The number of hydrogen-bond donors (Lipinski definition) is 1. The van der Waals surface area contributed by atoms with Crippen LogP contribution in [0.3, 0.4) is 0 Å². The monoisotopic (exact) mass is 382 g/mol. The predicted octanol–water partition coefficient (Wildman–Crippen LogP) is 4.33. The van der Waals surface area contributed by atoms with Crippen molar-refractivity contribution in [2.24, 2.45) is 0 Å². The van der Waals surface area contributed by atoms with Crippen molar-refractivity contribution in [3.05, 3.63) is 34.3 Å². The number of carbonyl (C=O) groups excluding carboxylic acids is 1. The molecule has 2 unspecified atom stereocenters. The van der Waals surface area contributed by atoms with E-state index in [1.807, 2.05) is 37.8 Å². The fourth-order valence-corrected chi connectivity index (χ4v) is 3.34. The lowest BCUT2D eigenvalue weighted by Crippen LogP contribution is -2.55. The van der Waals surface area contributed by atoms with Gasteiger partial charge in [0.1, 0.15) is 5.60 Å². The second-order valence-electron chi connectivity index (χ2n) is 7.17. The second kappa shape index (κ2) is 7.67. The van der Waals surface area contributed by atoms with Crippen molar-refractivity contribution in [2.75, 3.05) is 6.54 Å². The van der Waals surface area contributed by atoms with Gasteiger partial charge in [-0.3, -0.25) is 0 Å². The third kappa shape index (κ3) is 5.50. The highest BCUT2D eigenvalue weighted by atomic mass is 79.9. The van der Waals surface area contributed by atoms with Gasteiger partial charge in [0.15, 0.2) is 0 Å². The third-order valence-corrected chi connectivity index (χ3v) is 4.57. The smallest absolute Gasteiger partial charge is 0.410 e. The van der Waals surface area contributed by atoms with E-state index >= 15 is 0 Å². The Morgan fingerprint density at radius 1 is 1.43 bits per heavy atom. The Morgan fingerprint density at radius 2 is 2.17 bits per heavy atom. The molecule has 0 saturated carbocycles. The van der Waals surface area contributed by atoms with E-state index in [1.165, 1.54) is 5.56 Å². The standard InChI is InChI=1S/C18H27BrN2O2/c1-13-16(20-12-14-7-5-8-15(19)11-14)9-6-10-21(13)17(22)23-18(2,3)4/h5,7-8,11,13,16,20H,6,9-10,12H2,1-4H3. The van der Waals surface area contributed by atoms with Crippen LogP contribution >= 0.6 is 15.9 Å². The van der Waals surface area contributed by atoms with Crippen LogP contribution in [-0.4, -0.2) is 35.2 Å². The van der Waals surface area contributed by atoms with E-state index in [2.05, 4.69) is 40.3 Å². The molecule has 128 valence electrons. The largest absolute Gasteiger partial charge is 0.444 e. The molecule has 1 saturated heterocycles. The van der Waals surface area contributed by atoms with Crippen molar-refractivity contribution in [3.8, 4) is 0 Å². The molecular formula is C18H27BrN2O2. The SMILES string of the molecule is CC1C(NCc2cccc(Br)c2)CCCN1C(=O)OC(C)(C)C. The van der Waals surface area contributed by atoms with Gasteiger partial charge in [-0.25, -0.2) is 4.79 Å². The molecule has 1 aliphatic rings. The van der Waals surface area contributed by atoms with Crippen LogP contribution in [0.1, 0.15) is 46.1 Å². The van der Waals surface area contributed by atoms with E-state index in [-0.39, 0.29) is 18.2 Å². The van der Waals surface area contributed by atoms with Gasteiger partial charge >= 0.3 is 6.09 Å². The number of rotatable bonds is 3. The molecule has 2 rings (SSSR count). The molecule has 1 amide bonds. The summed E-state index contributed by atoms with van der Waals surface area (Å²) in [6.45, 7) is 9.39. The number of piperidine rings is 1. The first-order valence-corrected chi connectivity index (χ1v) is 9.03. The fourth-order valence-electron chi connectivity index (χ4n) is 2.89. The molecule has 1 aromatic rings. The van der Waals surface area contributed by atoms with Gasteiger partial charge in [-0.15, -0.1) is 0 Å². The number of nitrogens with zero attached hydrogens (tertiary/aromatic N) is 1. The lowest BCUT2D eigenvalue weighted by molar-refractivity contribution is 0.00699. The Balaban J connectivity index is 1.94. The van der Waals surface area contributed by atoms with Crippen LogP contribution in [-0.2, 0) is 11.3 Å². The maximum Gasteiger partial charge on any atom is 0.410 e. The maximum absolute atomic E-state index is 12.4.